The van der Waals surface area contributed by atoms with Gasteiger partial charge in [-0.25, -0.2) is 0 Å². The molecule has 1 aromatic carbocycles. The number of pyridine rings is 1. The van der Waals surface area contributed by atoms with Gasteiger partial charge in [0.1, 0.15) is 0 Å². The second-order valence-corrected chi connectivity index (χ2v) is 6.13. The van der Waals surface area contributed by atoms with Crippen LogP contribution in [0.3, 0.4) is 0 Å². The summed E-state index contributed by atoms with van der Waals surface area (Å²) in [6.45, 7) is 2.67. The van der Waals surface area contributed by atoms with E-state index in [1.165, 1.54) is 44.2 Å². The zero-order valence-corrected chi connectivity index (χ0v) is 14.2. The number of benzene rings is 1. The molecule has 0 saturated carbocycles. The molecular weight excluding hydrogens is 282 g/mol. The van der Waals surface area contributed by atoms with Gasteiger partial charge in [0.25, 0.3) is 0 Å². The molecule has 0 aliphatic heterocycles. The summed E-state index contributed by atoms with van der Waals surface area (Å²) in [5.41, 5.74) is 2.04. The van der Waals surface area contributed by atoms with Gasteiger partial charge in [-0.05, 0) is 6.42 Å². The summed E-state index contributed by atoms with van der Waals surface area (Å²) in [5, 5.41) is 0. The van der Waals surface area contributed by atoms with Gasteiger partial charge in [-0.3, -0.25) is 4.79 Å². The molecule has 23 heavy (non-hydrogen) atoms. The molecule has 0 aliphatic carbocycles. The first-order valence-electron chi connectivity index (χ1n) is 8.87. The quantitative estimate of drug-likeness (QED) is 0.352. The normalized spacial score (nSPS) is 10.7. The van der Waals surface area contributed by atoms with E-state index >= 15 is 0 Å². The molecular formula is C21H28NO+. The number of hydrogen-bond acceptors (Lipinski definition) is 1. The molecule has 0 atom stereocenters. The lowest BCUT2D eigenvalue weighted by atomic mass is 10.1. The van der Waals surface area contributed by atoms with Crippen LogP contribution >= 0.6 is 0 Å². The summed E-state index contributed by atoms with van der Waals surface area (Å²) in [6, 6.07) is 15.8. The molecule has 0 N–H and O–H groups in total. The van der Waals surface area contributed by atoms with Gasteiger partial charge in [0, 0.05) is 24.1 Å². The van der Waals surface area contributed by atoms with Gasteiger partial charge in [-0.2, -0.15) is 4.57 Å². The molecule has 122 valence electrons. The predicted molar refractivity (Wildman–Crippen MR) is 94.5 cm³/mol. The Kier molecular flexibility index (Phi) is 7.51. The van der Waals surface area contributed by atoms with Gasteiger partial charge in [0.05, 0.1) is 0 Å². The average molecular weight is 310 g/mol. The number of hydrogen-bond donors (Lipinski definition) is 0. The lowest BCUT2D eigenvalue weighted by Gasteiger charge is -2.04. The van der Waals surface area contributed by atoms with E-state index in [2.05, 4.69) is 23.6 Å². The molecule has 2 aromatic rings. The first-order chi connectivity index (χ1) is 11.3. The molecule has 0 spiro atoms. The Hall–Kier alpha value is -1.96. The van der Waals surface area contributed by atoms with Crippen molar-refractivity contribution >= 4 is 5.78 Å². The topological polar surface area (TPSA) is 20.9 Å². The number of ketones is 1. The Balaban J connectivity index is 1.88. The maximum absolute atomic E-state index is 12.4. The number of carbonyl (C=O) groups excluding carboxylic acids is 1. The molecule has 1 aromatic heterocycles. The first-order valence-corrected chi connectivity index (χ1v) is 8.87. The van der Waals surface area contributed by atoms with E-state index in [9.17, 15) is 4.79 Å². The van der Waals surface area contributed by atoms with E-state index in [-0.39, 0.29) is 5.78 Å². The smallest absolute Gasteiger partial charge is 0.227 e. The molecule has 0 unspecified atom stereocenters. The first kappa shape index (κ1) is 17.4. The number of aromatic nitrogens is 1. The van der Waals surface area contributed by atoms with Gasteiger partial charge in [0.15, 0.2) is 11.9 Å². The molecule has 0 amide bonds. The van der Waals surface area contributed by atoms with E-state index < -0.39 is 0 Å². The van der Waals surface area contributed by atoms with Crippen molar-refractivity contribution < 1.29 is 9.36 Å². The van der Waals surface area contributed by atoms with Crippen LogP contribution in [0.4, 0.5) is 0 Å². The summed E-state index contributed by atoms with van der Waals surface area (Å²) in [4.78, 5) is 12.4. The number of nitrogens with zero attached hydrogens (tertiary/aromatic N) is 1. The standard InChI is InChI=1S/C21H28NO/c1-2-3-4-5-6-10-15-20-16-11-12-17-22(20)18-21(23)19-13-8-7-9-14-19/h7-9,11-14,16-17H,2-6,10,15,18H2,1H3/q+1. The molecule has 0 saturated heterocycles. The van der Waals surface area contributed by atoms with E-state index in [4.69, 9.17) is 0 Å². The van der Waals surface area contributed by atoms with E-state index in [0.717, 1.165) is 12.0 Å². The lowest BCUT2D eigenvalue weighted by molar-refractivity contribution is -0.690. The van der Waals surface area contributed by atoms with Crippen molar-refractivity contribution in [3.05, 3.63) is 66.0 Å². The molecule has 0 fully saturated rings. The van der Waals surface area contributed by atoms with Crippen LogP contribution in [-0.4, -0.2) is 5.78 Å². The third kappa shape index (κ3) is 5.97. The molecule has 1 heterocycles. The molecule has 0 bridgehead atoms. The Morgan fingerprint density at radius 2 is 1.57 bits per heavy atom. The van der Waals surface area contributed by atoms with Crippen LogP contribution in [0.5, 0.6) is 0 Å². The third-order valence-corrected chi connectivity index (χ3v) is 4.23. The summed E-state index contributed by atoms with van der Waals surface area (Å²) in [5.74, 6) is 0.172. The zero-order chi connectivity index (χ0) is 16.3. The molecule has 0 radical (unpaired) electrons. The fourth-order valence-electron chi connectivity index (χ4n) is 2.85. The number of rotatable bonds is 10. The summed E-state index contributed by atoms with van der Waals surface area (Å²) in [7, 11) is 0. The summed E-state index contributed by atoms with van der Waals surface area (Å²) >= 11 is 0. The number of Topliss-reactive ketones (excluding diaryl/α,β-unsaturated/α-hetero) is 1. The minimum atomic E-state index is 0.172. The Morgan fingerprint density at radius 3 is 2.35 bits per heavy atom. The highest BCUT2D eigenvalue weighted by molar-refractivity contribution is 5.94. The minimum absolute atomic E-state index is 0.172. The van der Waals surface area contributed by atoms with Crippen molar-refractivity contribution in [1.82, 2.24) is 0 Å². The Morgan fingerprint density at radius 1 is 0.870 bits per heavy atom. The highest BCUT2D eigenvalue weighted by atomic mass is 16.1. The van der Waals surface area contributed by atoms with Crippen molar-refractivity contribution in [3.8, 4) is 0 Å². The maximum atomic E-state index is 12.4. The highest BCUT2D eigenvalue weighted by Gasteiger charge is 2.15. The molecule has 2 nitrogen and oxygen atoms in total. The minimum Gasteiger partial charge on any atom is -0.287 e. The maximum Gasteiger partial charge on any atom is 0.227 e. The molecule has 2 rings (SSSR count). The van der Waals surface area contributed by atoms with E-state index in [1.54, 1.807) is 0 Å². The molecule has 0 aliphatic rings. The van der Waals surface area contributed by atoms with E-state index in [0.29, 0.717) is 6.54 Å². The van der Waals surface area contributed by atoms with Crippen LogP contribution in [0.25, 0.3) is 0 Å². The van der Waals surface area contributed by atoms with Crippen LogP contribution in [0.1, 0.15) is 61.5 Å². The lowest BCUT2D eigenvalue weighted by Crippen LogP contribution is -2.41. The van der Waals surface area contributed by atoms with E-state index in [1.807, 2.05) is 42.6 Å². The second kappa shape index (κ2) is 9.94. The second-order valence-electron chi connectivity index (χ2n) is 6.13. The van der Waals surface area contributed by atoms with Gasteiger partial charge >= 0.3 is 0 Å². The Labute approximate surface area is 140 Å². The van der Waals surface area contributed by atoms with Crippen LogP contribution < -0.4 is 4.57 Å². The Bertz CT molecular complexity index is 592. The predicted octanol–water partition coefficient (Wildman–Crippen LogP) is 4.76. The SMILES string of the molecule is CCCCCCCCc1cccc[n+]1CC(=O)c1ccccc1. The monoisotopic (exact) mass is 310 g/mol. The van der Waals surface area contributed by atoms with Crippen LogP contribution in [0.15, 0.2) is 54.7 Å². The van der Waals surface area contributed by atoms with Crippen molar-refractivity contribution in [2.45, 2.75) is 58.4 Å². The van der Waals surface area contributed by atoms with Crippen molar-refractivity contribution in [3.63, 3.8) is 0 Å². The third-order valence-electron chi connectivity index (χ3n) is 4.23. The van der Waals surface area contributed by atoms with Gasteiger partial charge in [-0.15, -0.1) is 0 Å². The summed E-state index contributed by atoms with van der Waals surface area (Å²) < 4.78 is 2.10. The fourth-order valence-corrected chi connectivity index (χ4v) is 2.85. The fraction of sp³-hybridized carbons (Fsp3) is 0.429. The van der Waals surface area contributed by atoms with Gasteiger partial charge in [0.2, 0.25) is 12.3 Å². The largest absolute Gasteiger partial charge is 0.287 e. The summed E-state index contributed by atoms with van der Waals surface area (Å²) in [6.07, 6.45) is 10.9. The van der Waals surface area contributed by atoms with Crippen molar-refractivity contribution in [2.75, 3.05) is 0 Å². The van der Waals surface area contributed by atoms with Crippen molar-refractivity contribution in [1.29, 1.82) is 0 Å². The van der Waals surface area contributed by atoms with Crippen LogP contribution in [0, 0.1) is 0 Å². The number of aryl methyl sites for hydroxylation is 1. The zero-order valence-electron chi connectivity index (χ0n) is 14.2. The number of unbranched alkanes of at least 4 members (excludes halogenated alkanes) is 5. The number of carbonyl (C=O) groups is 1. The average Bonchev–Trinajstić information content (AvgIpc) is 2.60. The van der Waals surface area contributed by atoms with Crippen LogP contribution in [-0.2, 0) is 13.0 Å². The highest BCUT2D eigenvalue weighted by Crippen LogP contribution is 2.08. The van der Waals surface area contributed by atoms with Gasteiger partial charge in [-0.1, -0.05) is 75.4 Å². The van der Waals surface area contributed by atoms with Gasteiger partial charge < -0.3 is 0 Å². The van der Waals surface area contributed by atoms with Crippen molar-refractivity contribution in [2.24, 2.45) is 0 Å². The van der Waals surface area contributed by atoms with Crippen LogP contribution in [0.2, 0.25) is 0 Å². The molecule has 2 heteroatoms.